The van der Waals surface area contributed by atoms with Crippen LogP contribution in [0, 0.1) is 0 Å². The van der Waals surface area contributed by atoms with Crippen molar-refractivity contribution in [3.8, 4) is 11.1 Å². The summed E-state index contributed by atoms with van der Waals surface area (Å²) in [6.07, 6.45) is 1.77. The van der Waals surface area contributed by atoms with Gasteiger partial charge in [-0.1, -0.05) is 61.5 Å². The zero-order chi connectivity index (χ0) is 18.6. The molecular formula is C21H21NO4. The Hall–Kier alpha value is -2.92. The fourth-order valence-corrected chi connectivity index (χ4v) is 3.06. The molecule has 0 aromatic heterocycles. The van der Waals surface area contributed by atoms with Crippen molar-refractivity contribution in [1.82, 2.24) is 5.32 Å². The Morgan fingerprint density at radius 3 is 2.38 bits per heavy atom. The highest BCUT2D eigenvalue weighted by molar-refractivity contribution is 5.98. The number of benzene rings is 2. The van der Waals surface area contributed by atoms with E-state index in [1.165, 1.54) is 19.2 Å². The van der Waals surface area contributed by atoms with Crippen LogP contribution in [0.2, 0.25) is 0 Å². The molecular weight excluding hydrogens is 330 g/mol. The molecule has 1 N–H and O–H groups in total. The fourth-order valence-electron chi connectivity index (χ4n) is 3.06. The number of nitrogens with one attached hydrogen (secondary N) is 1. The third-order valence-electron chi connectivity index (χ3n) is 4.50. The predicted molar refractivity (Wildman–Crippen MR) is 98.4 cm³/mol. The van der Waals surface area contributed by atoms with Crippen molar-refractivity contribution in [1.29, 1.82) is 0 Å². The predicted octanol–water partition coefficient (Wildman–Crippen LogP) is 3.80. The lowest BCUT2D eigenvalue weighted by atomic mass is 9.84. The van der Waals surface area contributed by atoms with Gasteiger partial charge in [-0.2, -0.15) is 0 Å². The monoisotopic (exact) mass is 351 g/mol. The van der Waals surface area contributed by atoms with Gasteiger partial charge in [-0.15, -0.1) is 0 Å². The summed E-state index contributed by atoms with van der Waals surface area (Å²) in [6, 6.07) is 17.7. The van der Waals surface area contributed by atoms with Gasteiger partial charge in [0, 0.05) is 7.05 Å². The molecule has 0 saturated carbocycles. The van der Waals surface area contributed by atoms with Gasteiger partial charge in [0.05, 0.1) is 0 Å². The van der Waals surface area contributed by atoms with Gasteiger partial charge < -0.3 is 14.8 Å². The highest BCUT2D eigenvalue weighted by Gasteiger charge is 2.43. The number of hydrogen-bond donors (Lipinski definition) is 1. The minimum Gasteiger partial charge on any atom is -0.416 e. The van der Waals surface area contributed by atoms with Crippen LogP contribution in [0.4, 0.5) is 4.79 Å². The van der Waals surface area contributed by atoms with E-state index in [-0.39, 0.29) is 5.78 Å². The molecule has 5 nitrogen and oxygen atoms in total. The van der Waals surface area contributed by atoms with Gasteiger partial charge in [0.15, 0.2) is 11.4 Å². The Kier molecular flexibility index (Phi) is 5.19. The summed E-state index contributed by atoms with van der Waals surface area (Å²) in [4.78, 5) is 24.1. The first kappa shape index (κ1) is 17.9. The Morgan fingerprint density at radius 1 is 1.12 bits per heavy atom. The second-order valence-corrected chi connectivity index (χ2v) is 5.99. The maximum atomic E-state index is 12.6. The minimum absolute atomic E-state index is 0.163. The van der Waals surface area contributed by atoms with E-state index in [2.05, 4.69) is 5.32 Å². The zero-order valence-corrected chi connectivity index (χ0v) is 14.8. The van der Waals surface area contributed by atoms with E-state index in [0.29, 0.717) is 6.42 Å². The number of carbonyl (C=O) groups excluding carboxylic acids is 2. The topological polar surface area (TPSA) is 64.6 Å². The highest BCUT2D eigenvalue weighted by Crippen LogP contribution is 2.36. The zero-order valence-electron chi connectivity index (χ0n) is 14.8. The average molecular weight is 351 g/mol. The smallest absolute Gasteiger partial charge is 0.409 e. The van der Waals surface area contributed by atoms with Crippen molar-refractivity contribution in [2.45, 2.75) is 25.2 Å². The summed E-state index contributed by atoms with van der Waals surface area (Å²) in [7, 11) is 1.47. The van der Waals surface area contributed by atoms with E-state index in [1.807, 2.05) is 61.5 Å². The van der Waals surface area contributed by atoms with Crippen LogP contribution in [0.3, 0.4) is 0 Å². The third-order valence-corrected chi connectivity index (χ3v) is 4.50. The van der Waals surface area contributed by atoms with E-state index in [4.69, 9.17) is 9.47 Å². The van der Waals surface area contributed by atoms with Crippen LogP contribution in [0.15, 0.2) is 66.7 Å². The molecule has 2 unspecified atom stereocenters. The molecule has 0 saturated heterocycles. The summed E-state index contributed by atoms with van der Waals surface area (Å²) < 4.78 is 11.1. The molecule has 0 fully saturated rings. The molecule has 1 aliphatic heterocycles. The molecule has 0 aliphatic carbocycles. The van der Waals surface area contributed by atoms with Crippen molar-refractivity contribution >= 4 is 11.9 Å². The van der Waals surface area contributed by atoms with Gasteiger partial charge in [0.2, 0.25) is 6.29 Å². The SMILES string of the molecule is CCC1(c2ccc(-c3ccccc3)cc2)OC(OC(=O)NC)C=CC1=O. The number of ketones is 1. The fraction of sp³-hybridized carbons (Fsp3) is 0.238. The Balaban J connectivity index is 1.90. The second kappa shape index (κ2) is 7.54. The van der Waals surface area contributed by atoms with Crippen LogP contribution in [-0.2, 0) is 19.9 Å². The molecule has 26 heavy (non-hydrogen) atoms. The normalized spacial score (nSPS) is 22.1. The number of rotatable bonds is 4. The lowest BCUT2D eigenvalue weighted by Crippen LogP contribution is -2.44. The Bertz CT molecular complexity index is 814. The number of amides is 1. The quantitative estimate of drug-likeness (QED) is 0.910. The van der Waals surface area contributed by atoms with E-state index >= 15 is 0 Å². The first-order valence-corrected chi connectivity index (χ1v) is 8.54. The minimum atomic E-state index is -1.16. The summed E-state index contributed by atoms with van der Waals surface area (Å²) in [5.74, 6) is -0.163. The lowest BCUT2D eigenvalue weighted by Gasteiger charge is -2.36. The Labute approximate surface area is 152 Å². The summed E-state index contributed by atoms with van der Waals surface area (Å²) in [6.45, 7) is 1.87. The van der Waals surface area contributed by atoms with Crippen molar-refractivity contribution in [3.05, 3.63) is 72.3 Å². The molecule has 1 aliphatic rings. The molecule has 0 bridgehead atoms. The second-order valence-electron chi connectivity index (χ2n) is 5.99. The maximum Gasteiger partial charge on any atom is 0.409 e. The first-order valence-electron chi connectivity index (χ1n) is 8.54. The number of alkyl carbamates (subject to hydrolysis) is 1. The summed E-state index contributed by atoms with van der Waals surface area (Å²) in [5.41, 5.74) is 1.72. The van der Waals surface area contributed by atoms with Crippen LogP contribution in [0.1, 0.15) is 18.9 Å². The number of carbonyl (C=O) groups is 2. The van der Waals surface area contributed by atoms with Gasteiger partial charge in [0.1, 0.15) is 0 Å². The van der Waals surface area contributed by atoms with Crippen molar-refractivity contribution in [2.24, 2.45) is 0 Å². The van der Waals surface area contributed by atoms with E-state index < -0.39 is 18.0 Å². The lowest BCUT2D eigenvalue weighted by molar-refractivity contribution is -0.183. The third kappa shape index (κ3) is 3.39. The first-order chi connectivity index (χ1) is 12.6. The largest absolute Gasteiger partial charge is 0.416 e. The molecule has 0 radical (unpaired) electrons. The summed E-state index contributed by atoms with van der Waals surface area (Å²) in [5, 5.41) is 2.37. The standard InChI is InChI=1S/C21H21NO4/c1-3-21(18(23)13-14-19(26-21)25-20(24)22-2)17-11-9-16(10-12-17)15-7-5-4-6-8-15/h4-14,19H,3H2,1-2H3,(H,22,24). The van der Waals surface area contributed by atoms with E-state index in [1.54, 1.807) is 0 Å². The molecule has 2 aromatic carbocycles. The molecule has 1 heterocycles. The van der Waals surface area contributed by atoms with Gasteiger partial charge >= 0.3 is 6.09 Å². The van der Waals surface area contributed by atoms with Crippen LogP contribution in [0.25, 0.3) is 11.1 Å². The van der Waals surface area contributed by atoms with Crippen molar-refractivity contribution in [3.63, 3.8) is 0 Å². The number of ether oxygens (including phenoxy) is 2. The average Bonchev–Trinajstić information content (AvgIpc) is 2.70. The highest BCUT2D eigenvalue weighted by atomic mass is 16.7. The molecule has 0 spiro atoms. The van der Waals surface area contributed by atoms with Crippen molar-refractivity contribution < 1.29 is 19.1 Å². The van der Waals surface area contributed by atoms with Crippen LogP contribution < -0.4 is 5.32 Å². The van der Waals surface area contributed by atoms with Gasteiger partial charge in [0.25, 0.3) is 0 Å². The maximum absolute atomic E-state index is 12.6. The molecule has 2 atom stereocenters. The van der Waals surface area contributed by atoms with Gasteiger partial charge in [-0.05, 0) is 35.3 Å². The molecule has 3 rings (SSSR count). The van der Waals surface area contributed by atoms with Gasteiger partial charge in [-0.3, -0.25) is 4.79 Å². The van der Waals surface area contributed by atoms with Crippen LogP contribution in [-0.4, -0.2) is 25.2 Å². The van der Waals surface area contributed by atoms with Crippen molar-refractivity contribution in [2.75, 3.05) is 7.05 Å². The summed E-state index contributed by atoms with van der Waals surface area (Å²) >= 11 is 0. The molecule has 1 amide bonds. The molecule has 5 heteroatoms. The Morgan fingerprint density at radius 2 is 1.77 bits per heavy atom. The van der Waals surface area contributed by atoms with E-state index in [0.717, 1.165) is 16.7 Å². The van der Waals surface area contributed by atoms with Gasteiger partial charge in [-0.25, -0.2) is 4.79 Å². The molecule has 134 valence electrons. The number of hydrogen-bond acceptors (Lipinski definition) is 4. The van der Waals surface area contributed by atoms with Crippen LogP contribution >= 0.6 is 0 Å². The van der Waals surface area contributed by atoms with Crippen LogP contribution in [0.5, 0.6) is 0 Å². The van der Waals surface area contributed by atoms with E-state index in [9.17, 15) is 9.59 Å². The molecule has 2 aromatic rings.